The van der Waals surface area contributed by atoms with Gasteiger partial charge in [0, 0.05) is 20.2 Å². The van der Waals surface area contributed by atoms with Crippen LogP contribution in [-0.4, -0.2) is 48.7 Å². The third kappa shape index (κ3) is 6.43. The van der Waals surface area contributed by atoms with E-state index in [4.69, 9.17) is 14.6 Å². The van der Waals surface area contributed by atoms with Crippen molar-refractivity contribution in [1.29, 1.82) is 0 Å². The third-order valence-corrected chi connectivity index (χ3v) is 4.84. The molecular weight excluding hydrogens is 345 g/mol. The van der Waals surface area contributed by atoms with Gasteiger partial charge in [0.25, 0.3) is 0 Å². The Kier molecular flexibility index (Phi) is 7.81. The van der Waals surface area contributed by atoms with E-state index in [1.807, 2.05) is 11.0 Å². The number of ether oxygens (including phenoxy) is 2. The fraction of sp³-hybridized carbons (Fsp3) is 0.389. The van der Waals surface area contributed by atoms with Crippen LogP contribution >= 0.6 is 11.8 Å². The molecule has 0 aliphatic carbocycles. The molecule has 0 amide bonds. The molecule has 1 aliphatic heterocycles. The number of thioether (sulfide) groups is 1. The van der Waals surface area contributed by atoms with E-state index in [1.165, 1.54) is 12.1 Å². The molecule has 1 aromatic rings. The van der Waals surface area contributed by atoms with E-state index in [2.05, 4.69) is 0 Å². The number of hydrogen-bond acceptors (Lipinski definition) is 5. The van der Waals surface area contributed by atoms with Crippen LogP contribution in [0.4, 0.5) is 9.18 Å². The van der Waals surface area contributed by atoms with E-state index in [9.17, 15) is 9.18 Å². The molecule has 1 aliphatic rings. The van der Waals surface area contributed by atoms with Crippen molar-refractivity contribution in [2.75, 3.05) is 32.6 Å². The zero-order valence-electron chi connectivity index (χ0n) is 14.1. The summed E-state index contributed by atoms with van der Waals surface area (Å²) in [4.78, 5) is 12.9. The lowest BCUT2D eigenvalue weighted by atomic mass is 10.1. The van der Waals surface area contributed by atoms with Crippen LogP contribution in [-0.2, 0) is 15.9 Å². The summed E-state index contributed by atoms with van der Waals surface area (Å²) in [5.41, 5.74) is 1.08. The summed E-state index contributed by atoms with van der Waals surface area (Å²) >= 11 is 1.56. The summed E-state index contributed by atoms with van der Waals surface area (Å²) < 4.78 is 22.9. The standard InChI is InChI=1S/C18H22FNO4S/c1-23-12-11-20-10-2-5-16(24-18(21)22)17(20)25-13-3-4-14-6-8-15(19)9-7-14/h2,5-9H,3-4,10-13H2,1H3,(H,21,22). The zero-order valence-corrected chi connectivity index (χ0v) is 14.9. The average molecular weight is 367 g/mol. The molecule has 0 aromatic heterocycles. The highest BCUT2D eigenvalue weighted by Gasteiger charge is 2.20. The van der Waals surface area contributed by atoms with Gasteiger partial charge in [-0.25, -0.2) is 9.18 Å². The first kappa shape index (κ1) is 19.3. The molecule has 0 fully saturated rings. The Hall–Kier alpha value is -1.99. The van der Waals surface area contributed by atoms with Crippen LogP contribution in [0.3, 0.4) is 0 Å². The van der Waals surface area contributed by atoms with Gasteiger partial charge in [0.15, 0.2) is 5.76 Å². The average Bonchev–Trinajstić information content (AvgIpc) is 2.59. The van der Waals surface area contributed by atoms with Crippen LogP contribution in [0.2, 0.25) is 0 Å². The topological polar surface area (TPSA) is 59.0 Å². The van der Waals surface area contributed by atoms with Crippen LogP contribution in [0, 0.1) is 5.82 Å². The largest absolute Gasteiger partial charge is 0.511 e. The maximum absolute atomic E-state index is 12.9. The number of aryl methyl sites for hydroxylation is 1. The lowest BCUT2D eigenvalue weighted by molar-refractivity contribution is 0.118. The predicted octanol–water partition coefficient (Wildman–Crippen LogP) is 3.87. The van der Waals surface area contributed by atoms with Crippen molar-refractivity contribution in [2.45, 2.75) is 12.8 Å². The maximum Gasteiger partial charge on any atom is 0.511 e. The Morgan fingerprint density at radius 1 is 1.36 bits per heavy atom. The minimum absolute atomic E-state index is 0.235. The molecule has 0 spiro atoms. The first-order valence-electron chi connectivity index (χ1n) is 8.03. The quantitative estimate of drug-likeness (QED) is 0.528. The van der Waals surface area contributed by atoms with Gasteiger partial charge in [-0.1, -0.05) is 18.2 Å². The van der Waals surface area contributed by atoms with Crippen molar-refractivity contribution >= 4 is 17.9 Å². The van der Waals surface area contributed by atoms with E-state index < -0.39 is 6.16 Å². The van der Waals surface area contributed by atoms with Crippen LogP contribution < -0.4 is 0 Å². The van der Waals surface area contributed by atoms with Crippen LogP contribution in [0.15, 0.2) is 47.2 Å². The third-order valence-electron chi connectivity index (χ3n) is 3.62. The molecule has 0 unspecified atom stereocenters. The van der Waals surface area contributed by atoms with E-state index in [0.29, 0.717) is 25.5 Å². The van der Waals surface area contributed by atoms with Crippen molar-refractivity contribution in [3.63, 3.8) is 0 Å². The molecule has 0 bridgehead atoms. The molecule has 136 valence electrons. The highest BCUT2D eigenvalue weighted by Crippen LogP contribution is 2.29. The van der Waals surface area contributed by atoms with E-state index in [0.717, 1.165) is 29.2 Å². The summed E-state index contributed by atoms with van der Waals surface area (Å²) in [5.74, 6) is 0.916. The van der Waals surface area contributed by atoms with Crippen molar-refractivity contribution in [1.82, 2.24) is 4.90 Å². The molecule has 25 heavy (non-hydrogen) atoms. The first-order valence-corrected chi connectivity index (χ1v) is 9.01. The minimum atomic E-state index is -1.32. The normalized spacial score (nSPS) is 14.1. The van der Waals surface area contributed by atoms with Gasteiger partial charge in [-0.3, -0.25) is 0 Å². The molecule has 2 rings (SSSR count). The highest BCUT2D eigenvalue weighted by molar-refractivity contribution is 8.03. The monoisotopic (exact) mass is 367 g/mol. The number of carbonyl (C=O) groups is 1. The second kappa shape index (κ2) is 10.1. The summed E-state index contributed by atoms with van der Waals surface area (Å²) in [6.45, 7) is 1.90. The van der Waals surface area contributed by atoms with Gasteiger partial charge >= 0.3 is 6.16 Å². The van der Waals surface area contributed by atoms with Crippen molar-refractivity contribution in [2.24, 2.45) is 0 Å². The zero-order chi connectivity index (χ0) is 18.1. The molecule has 7 heteroatoms. The summed E-state index contributed by atoms with van der Waals surface area (Å²) in [6, 6.07) is 6.49. The number of benzene rings is 1. The number of carboxylic acid groups (broad SMARTS) is 1. The smallest absolute Gasteiger partial charge is 0.449 e. The Bertz CT molecular complexity index is 630. The number of halogens is 1. The van der Waals surface area contributed by atoms with Gasteiger partial charge < -0.3 is 19.5 Å². The van der Waals surface area contributed by atoms with Crippen LogP contribution in [0.25, 0.3) is 0 Å². The number of rotatable bonds is 9. The minimum Gasteiger partial charge on any atom is -0.449 e. The van der Waals surface area contributed by atoms with E-state index in [-0.39, 0.29) is 5.82 Å². The fourth-order valence-corrected chi connectivity index (χ4v) is 3.50. The van der Waals surface area contributed by atoms with Gasteiger partial charge in [-0.05, 0) is 42.4 Å². The van der Waals surface area contributed by atoms with Crippen molar-refractivity contribution in [3.8, 4) is 0 Å². The van der Waals surface area contributed by atoms with Gasteiger partial charge in [-0.15, -0.1) is 11.8 Å². The van der Waals surface area contributed by atoms with Crippen molar-refractivity contribution < 1.29 is 23.8 Å². The Balaban J connectivity index is 1.94. The van der Waals surface area contributed by atoms with Crippen molar-refractivity contribution in [3.05, 3.63) is 58.6 Å². The van der Waals surface area contributed by atoms with Gasteiger partial charge in [0.1, 0.15) is 10.8 Å². The SMILES string of the molecule is COCCN1CC=CC(OC(=O)O)=C1SCCCc1ccc(F)cc1. The van der Waals surface area contributed by atoms with Gasteiger partial charge in [0.2, 0.25) is 0 Å². The number of methoxy groups -OCH3 is 1. The number of hydrogen-bond donors (Lipinski definition) is 1. The number of allylic oxidation sites excluding steroid dienone is 1. The predicted molar refractivity (Wildman–Crippen MR) is 95.9 cm³/mol. The Morgan fingerprint density at radius 3 is 2.80 bits per heavy atom. The number of nitrogens with zero attached hydrogens (tertiary/aromatic N) is 1. The summed E-state index contributed by atoms with van der Waals surface area (Å²) in [5, 5.41) is 9.72. The van der Waals surface area contributed by atoms with Gasteiger partial charge in [-0.2, -0.15) is 0 Å². The Morgan fingerprint density at radius 2 is 2.12 bits per heavy atom. The second-order valence-corrected chi connectivity index (χ2v) is 6.54. The second-order valence-electron chi connectivity index (χ2n) is 5.46. The fourth-order valence-electron chi connectivity index (χ4n) is 2.42. The summed E-state index contributed by atoms with van der Waals surface area (Å²) in [6.07, 6.45) is 3.97. The molecular formula is C18H22FNO4S. The van der Waals surface area contributed by atoms with E-state index >= 15 is 0 Å². The molecule has 0 saturated heterocycles. The molecule has 0 atom stereocenters. The molecule has 5 nitrogen and oxygen atoms in total. The molecule has 1 N–H and O–H groups in total. The summed E-state index contributed by atoms with van der Waals surface area (Å²) in [7, 11) is 1.63. The van der Waals surface area contributed by atoms with Crippen LogP contribution in [0.1, 0.15) is 12.0 Å². The first-order chi connectivity index (χ1) is 12.1. The lowest BCUT2D eigenvalue weighted by Gasteiger charge is -2.29. The lowest BCUT2D eigenvalue weighted by Crippen LogP contribution is -2.29. The van der Waals surface area contributed by atoms with E-state index in [1.54, 1.807) is 37.1 Å². The molecule has 0 radical (unpaired) electrons. The van der Waals surface area contributed by atoms with Gasteiger partial charge in [0.05, 0.1) is 6.61 Å². The highest BCUT2D eigenvalue weighted by atomic mass is 32.2. The molecule has 0 saturated carbocycles. The van der Waals surface area contributed by atoms with Crippen LogP contribution in [0.5, 0.6) is 0 Å². The molecule has 1 aromatic carbocycles. The molecule has 1 heterocycles. The Labute approximate surface area is 151 Å². The maximum atomic E-state index is 12.9.